The van der Waals surface area contributed by atoms with E-state index in [0.717, 1.165) is 0 Å². The van der Waals surface area contributed by atoms with Gasteiger partial charge in [0.25, 0.3) is 0 Å². The van der Waals surface area contributed by atoms with Crippen molar-refractivity contribution in [1.82, 2.24) is 0 Å². The third-order valence-corrected chi connectivity index (χ3v) is 3.73. The first-order chi connectivity index (χ1) is 14.9. The van der Waals surface area contributed by atoms with Gasteiger partial charge in [-0.25, -0.2) is 4.39 Å². The van der Waals surface area contributed by atoms with Crippen LogP contribution >= 0.6 is 0 Å². The zero-order valence-corrected chi connectivity index (χ0v) is 15.8. The van der Waals surface area contributed by atoms with E-state index in [4.69, 9.17) is 10.2 Å². The Morgan fingerprint density at radius 1 is 0.343 bits per heavy atom. The van der Waals surface area contributed by atoms with Crippen LogP contribution in [-0.2, 0) is 0 Å². The van der Waals surface area contributed by atoms with Gasteiger partial charge in [0.1, 0.15) is 0 Å². The Morgan fingerprint density at radius 2 is 0.629 bits per heavy atom. The largest absolute Gasteiger partial charge is 0.453 e. The summed E-state index contributed by atoms with van der Waals surface area (Å²) in [6.07, 6.45) is -25.7. The van der Waals surface area contributed by atoms with E-state index in [1.165, 1.54) is 0 Å². The zero-order valence-electron chi connectivity index (χ0n) is 15.8. The summed E-state index contributed by atoms with van der Waals surface area (Å²) in [4.78, 5) is 0. The molecule has 0 saturated carbocycles. The van der Waals surface area contributed by atoms with Crippen molar-refractivity contribution in [3.05, 3.63) is 0 Å². The van der Waals surface area contributed by atoms with E-state index in [9.17, 15) is 87.8 Å². The Labute approximate surface area is 179 Å². The van der Waals surface area contributed by atoms with Crippen molar-refractivity contribution in [2.75, 3.05) is 13.2 Å². The molecule has 0 rings (SSSR count). The molecule has 0 spiro atoms. The van der Waals surface area contributed by atoms with E-state index in [1.54, 1.807) is 0 Å². The van der Waals surface area contributed by atoms with Gasteiger partial charge in [0, 0.05) is 26.1 Å². The smallest absolute Gasteiger partial charge is 0.396 e. The summed E-state index contributed by atoms with van der Waals surface area (Å²) in [7, 11) is 0. The fraction of sp³-hybridized carbons (Fsp3) is 1.00. The number of alkyl halides is 20. The summed E-state index contributed by atoms with van der Waals surface area (Å²) in [6, 6.07) is 0. The first-order valence-corrected chi connectivity index (χ1v) is 7.87. The SMILES string of the molecule is OCCC(F)(F)C(F)(F)C(F)(F)C(F)(F)C(F)(C(F)(F)F)C(F)(F)F.OCCC(F)(F)C(F)(F)F. The van der Waals surface area contributed by atoms with Crippen LogP contribution in [0.2, 0.25) is 0 Å². The lowest BCUT2D eigenvalue weighted by atomic mass is 9.85. The highest BCUT2D eigenvalue weighted by Crippen LogP contribution is 2.64. The lowest BCUT2D eigenvalue weighted by molar-refractivity contribution is -0.457. The van der Waals surface area contributed by atoms with E-state index >= 15 is 0 Å². The third-order valence-electron chi connectivity index (χ3n) is 3.73. The number of aliphatic hydroxyl groups excluding tert-OH is 2. The van der Waals surface area contributed by atoms with Gasteiger partial charge in [0.2, 0.25) is 0 Å². The first-order valence-electron chi connectivity index (χ1n) is 7.87. The lowest BCUT2D eigenvalue weighted by Gasteiger charge is -2.43. The minimum atomic E-state index is -8.40. The molecule has 214 valence electrons. The summed E-state index contributed by atoms with van der Waals surface area (Å²) in [5.74, 6) is -35.3. The quantitative estimate of drug-likeness (QED) is 0.332. The van der Waals surface area contributed by atoms with Gasteiger partial charge in [-0.05, 0) is 0 Å². The maximum absolute atomic E-state index is 13.1. The first kappa shape index (κ1) is 35.7. The van der Waals surface area contributed by atoms with E-state index in [2.05, 4.69) is 0 Å². The van der Waals surface area contributed by atoms with Gasteiger partial charge in [0.15, 0.2) is 0 Å². The van der Waals surface area contributed by atoms with Crippen LogP contribution in [0.25, 0.3) is 0 Å². The second-order valence-electron chi connectivity index (χ2n) is 6.23. The van der Waals surface area contributed by atoms with Crippen molar-refractivity contribution in [2.24, 2.45) is 0 Å². The zero-order chi connectivity index (χ0) is 29.3. The van der Waals surface area contributed by atoms with Gasteiger partial charge in [0.05, 0.1) is 0 Å². The fourth-order valence-electron chi connectivity index (χ4n) is 1.74. The topological polar surface area (TPSA) is 40.5 Å². The molecular formula is C13H10F20O2. The minimum Gasteiger partial charge on any atom is -0.396 e. The van der Waals surface area contributed by atoms with Crippen LogP contribution in [0.1, 0.15) is 12.8 Å². The molecule has 0 amide bonds. The second kappa shape index (κ2) is 10.1. The van der Waals surface area contributed by atoms with Crippen LogP contribution in [0.4, 0.5) is 87.8 Å². The molecule has 0 fully saturated rings. The van der Waals surface area contributed by atoms with Crippen molar-refractivity contribution >= 4 is 0 Å². The minimum absolute atomic E-state index is 1.17. The summed E-state index contributed by atoms with van der Waals surface area (Å²) in [5, 5.41) is 15.8. The highest BCUT2D eigenvalue weighted by Gasteiger charge is 2.95. The molecule has 35 heavy (non-hydrogen) atoms. The number of hydrogen-bond acceptors (Lipinski definition) is 2. The molecule has 0 aliphatic heterocycles. The molecule has 0 saturated heterocycles. The maximum Gasteiger partial charge on any atom is 0.453 e. The molecule has 0 heterocycles. The van der Waals surface area contributed by atoms with Crippen LogP contribution in [0.15, 0.2) is 0 Å². The average molecular weight is 578 g/mol. The van der Waals surface area contributed by atoms with Gasteiger partial charge >= 0.3 is 53.8 Å². The normalized spacial score (nSPS) is 15.6. The van der Waals surface area contributed by atoms with Crippen LogP contribution < -0.4 is 0 Å². The molecule has 0 unspecified atom stereocenters. The predicted molar refractivity (Wildman–Crippen MR) is 70.1 cm³/mol. The van der Waals surface area contributed by atoms with Crippen LogP contribution in [0.3, 0.4) is 0 Å². The summed E-state index contributed by atoms with van der Waals surface area (Å²) < 4.78 is 246. The standard InChI is InChI=1S/C9H5F15O.C4H5F5O/c10-3(11,1-2-25)5(13,14)7(17,18)6(15,16)4(12,8(19,20)21)9(22,23)24;5-3(6,1-2-10)4(7,8)9/h25H,1-2H2;10H,1-2H2. The Hall–Kier alpha value is -1.48. The Kier molecular flexibility index (Phi) is 10.3. The summed E-state index contributed by atoms with van der Waals surface area (Å²) in [6.45, 7) is -3.27. The maximum atomic E-state index is 13.1. The van der Waals surface area contributed by atoms with Gasteiger partial charge < -0.3 is 10.2 Å². The third kappa shape index (κ3) is 6.27. The molecular weight excluding hydrogens is 568 g/mol. The molecule has 0 aliphatic carbocycles. The Bertz CT molecular complexity index is 658. The second-order valence-corrected chi connectivity index (χ2v) is 6.23. The van der Waals surface area contributed by atoms with Crippen LogP contribution in [0.5, 0.6) is 0 Å². The van der Waals surface area contributed by atoms with E-state index in [-0.39, 0.29) is 0 Å². The number of aliphatic hydroxyl groups is 2. The lowest BCUT2D eigenvalue weighted by Crippen LogP contribution is -2.75. The number of halogens is 20. The van der Waals surface area contributed by atoms with Crippen LogP contribution in [-0.4, -0.2) is 77.2 Å². The molecule has 0 atom stereocenters. The van der Waals surface area contributed by atoms with Gasteiger partial charge in [-0.3, -0.25) is 0 Å². The molecule has 0 aromatic rings. The Balaban J connectivity index is 0. The molecule has 2 nitrogen and oxygen atoms in total. The van der Waals surface area contributed by atoms with Gasteiger partial charge in [-0.15, -0.1) is 0 Å². The van der Waals surface area contributed by atoms with Gasteiger partial charge in [-0.2, -0.15) is 83.4 Å². The summed E-state index contributed by atoms with van der Waals surface area (Å²) >= 11 is 0. The fourth-order valence-corrected chi connectivity index (χ4v) is 1.74. The van der Waals surface area contributed by atoms with Crippen molar-refractivity contribution in [2.45, 2.75) is 66.7 Å². The molecule has 0 bridgehead atoms. The monoisotopic (exact) mass is 578 g/mol. The van der Waals surface area contributed by atoms with E-state index in [1.807, 2.05) is 0 Å². The van der Waals surface area contributed by atoms with Crippen molar-refractivity contribution in [3.8, 4) is 0 Å². The number of rotatable bonds is 8. The van der Waals surface area contributed by atoms with Crippen molar-refractivity contribution in [1.29, 1.82) is 0 Å². The highest BCUT2D eigenvalue weighted by atomic mass is 19.4. The average Bonchev–Trinajstić information content (AvgIpc) is 2.57. The molecule has 0 aliphatic rings. The molecule has 0 aromatic heterocycles. The van der Waals surface area contributed by atoms with Crippen molar-refractivity contribution in [3.63, 3.8) is 0 Å². The Morgan fingerprint density at radius 3 is 0.829 bits per heavy atom. The molecule has 2 N–H and O–H groups in total. The van der Waals surface area contributed by atoms with E-state index in [0.29, 0.717) is 0 Å². The highest BCUT2D eigenvalue weighted by molar-refractivity contribution is 5.16. The predicted octanol–water partition coefficient (Wildman–Crippen LogP) is 6.31. The molecule has 0 radical (unpaired) electrons. The van der Waals surface area contributed by atoms with Crippen molar-refractivity contribution < 1.29 is 98.0 Å². The van der Waals surface area contributed by atoms with Crippen LogP contribution in [0, 0.1) is 0 Å². The molecule has 0 aromatic carbocycles. The summed E-state index contributed by atoms with van der Waals surface area (Å²) in [5.41, 5.74) is -8.28. The molecule has 22 heteroatoms. The van der Waals surface area contributed by atoms with E-state index < -0.39 is 79.9 Å². The number of hydrogen-bond donors (Lipinski definition) is 2. The van der Waals surface area contributed by atoms with Gasteiger partial charge in [-0.1, -0.05) is 0 Å².